The van der Waals surface area contributed by atoms with Gasteiger partial charge < -0.3 is 5.32 Å². The van der Waals surface area contributed by atoms with Gasteiger partial charge in [0.15, 0.2) is 5.96 Å². The smallest absolute Gasteiger partial charge is 0.253 e. The van der Waals surface area contributed by atoms with E-state index in [2.05, 4.69) is 20.6 Å². The molecule has 19 heavy (non-hydrogen) atoms. The molecule has 96 valence electrons. The Morgan fingerprint density at radius 3 is 2.95 bits per heavy atom. The molecule has 3 rings (SSSR count). The number of aromatic nitrogens is 1. The lowest BCUT2D eigenvalue weighted by molar-refractivity contribution is -0.120. The van der Waals surface area contributed by atoms with Crippen molar-refractivity contribution in [1.29, 1.82) is 0 Å². The van der Waals surface area contributed by atoms with Gasteiger partial charge in [-0.2, -0.15) is 0 Å². The van der Waals surface area contributed by atoms with E-state index in [0.717, 1.165) is 16.5 Å². The summed E-state index contributed by atoms with van der Waals surface area (Å²) in [4.78, 5) is 20.2. The third kappa shape index (κ3) is 1.92. The van der Waals surface area contributed by atoms with Crippen LogP contribution in [0.4, 0.5) is 0 Å². The number of carbonyl (C=O) groups excluding carboxylic acids is 1. The predicted octanol–water partition coefficient (Wildman–Crippen LogP) is 1.63. The summed E-state index contributed by atoms with van der Waals surface area (Å²) in [6, 6.07) is 6.80. The maximum atomic E-state index is 12.0. The molecule has 0 radical (unpaired) electrons. The first-order valence-corrected chi connectivity index (χ1v) is 6.16. The Labute approximate surface area is 114 Å². The number of halogens is 1. The van der Waals surface area contributed by atoms with Crippen LogP contribution in [0.5, 0.6) is 0 Å². The number of pyridine rings is 1. The SMILES string of the molecule is CN=C1NC(=O)C(c2ccc(Cl)c3cccnc23)N1. The molecule has 1 aromatic carbocycles. The molecule has 1 unspecified atom stereocenters. The number of nitrogens with one attached hydrogen (secondary N) is 2. The Kier molecular flexibility index (Phi) is 2.83. The van der Waals surface area contributed by atoms with Crippen LogP contribution in [-0.4, -0.2) is 23.9 Å². The van der Waals surface area contributed by atoms with Gasteiger partial charge in [-0.05, 0) is 18.2 Å². The first-order chi connectivity index (χ1) is 9.20. The van der Waals surface area contributed by atoms with Gasteiger partial charge in [0.1, 0.15) is 6.04 Å². The Bertz CT molecular complexity index is 698. The van der Waals surface area contributed by atoms with Gasteiger partial charge in [0.25, 0.3) is 5.91 Å². The van der Waals surface area contributed by atoms with Crippen LogP contribution in [0.25, 0.3) is 10.9 Å². The Morgan fingerprint density at radius 2 is 2.21 bits per heavy atom. The minimum atomic E-state index is -0.492. The van der Waals surface area contributed by atoms with Crippen LogP contribution in [0.3, 0.4) is 0 Å². The van der Waals surface area contributed by atoms with Crippen molar-refractivity contribution in [3.63, 3.8) is 0 Å². The van der Waals surface area contributed by atoms with E-state index in [1.165, 1.54) is 0 Å². The number of guanidine groups is 1. The average Bonchev–Trinajstić information content (AvgIpc) is 2.81. The number of fused-ring (bicyclic) bond motifs is 1. The van der Waals surface area contributed by atoms with E-state index in [1.807, 2.05) is 18.2 Å². The lowest BCUT2D eigenvalue weighted by Crippen LogP contribution is -2.24. The fourth-order valence-corrected chi connectivity index (χ4v) is 2.37. The molecular formula is C13H11ClN4O. The summed E-state index contributed by atoms with van der Waals surface area (Å²) in [6.45, 7) is 0. The van der Waals surface area contributed by atoms with Crippen molar-refractivity contribution in [1.82, 2.24) is 15.6 Å². The topological polar surface area (TPSA) is 66.4 Å². The molecule has 1 aliphatic heterocycles. The lowest BCUT2D eigenvalue weighted by atomic mass is 10.0. The van der Waals surface area contributed by atoms with Crippen molar-refractivity contribution in [2.45, 2.75) is 6.04 Å². The Morgan fingerprint density at radius 1 is 1.37 bits per heavy atom. The lowest BCUT2D eigenvalue weighted by Gasteiger charge is -2.11. The van der Waals surface area contributed by atoms with Crippen molar-refractivity contribution in [3.05, 3.63) is 41.0 Å². The molecule has 0 spiro atoms. The van der Waals surface area contributed by atoms with Crippen molar-refractivity contribution in [2.24, 2.45) is 4.99 Å². The fourth-order valence-electron chi connectivity index (χ4n) is 2.16. The predicted molar refractivity (Wildman–Crippen MR) is 74.1 cm³/mol. The maximum Gasteiger partial charge on any atom is 0.253 e. The van der Waals surface area contributed by atoms with Gasteiger partial charge in [-0.3, -0.25) is 20.1 Å². The number of rotatable bonds is 1. The minimum absolute atomic E-state index is 0.144. The molecule has 2 heterocycles. The van der Waals surface area contributed by atoms with Gasteiger partial charge in [0.05, 0.1) is 5.52 Å². The number of aliphatic imine (C=N–C) groups is 1. The highest BCUT2D eigenvalue weighted by molar-refractivity contribution is 6.35. The second kappa shape index (κ2) is 4.51. The van der Waals surface area contributed by atoms with Crippen molar-refractivity contribution >= 4 is 34.4 Å². The van der Waals surface area contributed by atoms with Crippen LogP contribution >= 0.6 is 11.6 Å². The van der Waals surface area contributed by atoms with Crippen LogP contribution in [0.2, 0.25) is 5.02 Å². The van der Waals surface area contributed by atoms with Crippen molar-refractivity contribution < 1.29 is 4.79 Å². The number of carbonyl (C=O) groups is 1. The molecule has 1 aromatic heterocycles. The van der Waals surface area contributed by atoms with E-state index < -0.39 is 6.04 Å². The first-order valence-electron chi connectivity index (χ1n) is 5.78. The third-order valence-corrected chi connectivity index (χ3v) is 3.40. The van der Waals surface area contributed by atoms with Crippen LogP contribution in [0.1, 0.15) is 11.6 Å². The molecular weight excluding hydrogens is 264 g/mol. The van der Waals surface area contributed by atoms with E-state index >= 15 is 0 Å². The van der Waals surface area contributed by atoms with Crippen LogP contribution in [0, 0.1) is 0 Å². The van der Waals surface area contributed by atoms with Gasteiger partial charge in [-0.1, -0.05) is 17.7 Å². The zero-order valence-electron chi connectivity index (χ0n) is 10.1. The molecule has 6 heteroatoms. The summed E-state index contributed by atoms with van der Waals surface area (Å²) in [7, 11) is 1.61. The minimum Gasteiger partial charge on any atom is -0.340 e. The fraction of sp³-hybridized carbons (Fsp3) is 0.154. The third-order valence-electron chi connectivity index (χ3n) is 3.07. The van der Waals surface area contributed by atoms with E-state index in [4.69, 9.17) is 11.6 Å². The van der Waals surface area contributed by atoms with E-state index in [0.29, 0.717) is 11.0 Å². The monoisotopic (exact) mass is 274 g/mol. The van der Waals surface area contributed by atoms with Crippen LogP contribution in [0.15, 0.2) is 35.5 Å². The highest BCUT2D eigenvalue weighted by Crippen LogP contribution is 2.29. The molecule has 1 atom stereocenters. The van der Waals surface area contributed by atoms with Gasteiger partial charge in [-0.25, -0.2) is 0 Å². The van der Waals surface area contributed by atoms with E-state index in [9.17, 15) is 4.79 Å². The summed E-state index contributed by atoms with van der Waals surface area (Å²) in [6.07, 6.45) is 1.68. The molecule has 1 aliphatic rings. The number of nitrogens with zero attached hydrogens (tertiary/aromatic N) is 2. The number of benzene rings is 1. The van der Waals surface area contributed by atoms with Crippen molar-refractivity contribution in [3.8, 4) is 0 Å². The standard InChI is InChI=1S/C13H11ClN4O/c1-15-13-17-11(12(19)18-13)8-4-5-9(14)7-3-2-6-16-10(7)8/h2-6,11H,1H3,(H2,15,17,18,19). The van der Waals surface area contributed by atoms with Gasteiger partial charge in [0, 0.05) is 29.2 Å². The molecule has 0 aliphatic carbocycles. The molecule has 2 N–H and O–H groups in total. The first kappa shape index (κ1) is 11.9. The van der Waals surface area contributed by atoms with Gasteiger partial charge in [-0.15, -0.1) is 0 Å². The molecule has 0 saturated carbocycles. The number of hydrogen-bond acceptors (Lipinski definition) is 3. The average molecular weight is 275 g/mol. The molecule has 0 bridgehead atoms. The Balaban J connectivity index is 2.16. The largest absolute Gasteiger partial charge is 0.340 e. The van der Waals surface area contributed by atoms with Crippen LogP contribution in [-0.2, 0) is 4.79 Å². The van der Waals surface area contributed by atoms with Gasteiger partial charge >= 0.3 is 0 Å². The van der Waals surface area contributed by atoms with Gasteiger partial charge in [0.2, 0.25) is 0 Å². The molecule has 2 aromatic rings. The number of hydrogen-bond donors (Lipinski definition) is 2. The highest BCUT2D eigenvalue weighted by atomic mass is 35.5. The zero-order valence-corrected chi connectivity index (χ0v) is 10.9. The molecule has 1 saturated heterocycles. The zero-order chi connectivity index (χ0) is 13.4. The normalized spacial score (nSPS) is 20.6. The second-order valence-electron chi connectivity index (χ2n) is 4.17. The summed E-state index contributed by atoms with van der Waals surface area (Å²) in [5.41, 5.74) is 1.51. The summed E-state index contributed by atoms with van der Waals surface area (Å²) < 4.78 is 0. The van der Waals surface area contributed by atoms with Crippen molar-refractivity contribution in [2.75, 3.05) is 7.05 Å². The summed E-state index contributed by atoms with van der Waals surface area (Å²) in [5, 5.41) is 7.15. The summed E-state index contributed by atoms with van der Waals surface area (Å²) >= 11 is 6.14. The maximum absolute atomic E-state index is 12.0. The second-order valence-corrected chi connectivity index (χ2v) is 4.58. The Hall–Kier alpha value is -2.14. The van der Waals surface area contributed by atoms with E-state index in [1.54, 1.807) is 19.3 Å². The van der Waals surface area contributed by atoms with Crippen LogP contribution < -0.4 is 10.6 Å². The van der Waals surface area contributed by atoms with E-state index in [-0.39, 0.29) is 5.91 Å². The summed E-state index contributed by atoms with van der Waals surface area (Å²) in [5.74, 6) is 0.323. The molecule has 5 nitrogen and oxygen atoms in total. The molecule has 1 amide bonds. The number of amides is 1. The molecule has 1 fully saturated rings. The quantitative estimate of drug-likeness (QED) is 0.831. The highest BCUT2D eigenvalue weighted by Gasteiger charge is 2.31.